The summed E-state index contributed by atoms with van der Waals surface area (Å²) in [5.74, 6) is -0.0972. The minimum Gasteiger partial charge on any atom is -0.870 e. The number of piperidine rings is 3. The third-order valence-electron chi connectivity index (χ3n) is 13.5. The van der Waals surface area contributed by atoms with Gasteiger partial charge in [-0.2, -0.15) is 13.1 Å². The molecule has 5 fully saturated rings. The Kier molecular flexibility index (Phi) is 16.6. The Labute approximate surface area is 416 Å². The summed E-state index contributed by atoms with van der Waals surface area (Å²) >= 11 is 13.1. The van der Waals surface area contributed by atoms with E-state index in [-0.39, 0.29) is 82.3 Å². The monoisotopic (exact) mass is 1020 g/mol. The lowest BCUT2D eigenvalue weighted by molar-refractivity contribution is -0.377. The Morgan fingerprint density at radius 1 is 0.786 bits per heavy atom. The zero-order valence-corrected chi connectivity index (χ0v) is 40.6. The molecule has 2 N–H and O–H groups in total. The number of aromatic nitrogens is 1. The molecule has 5 heterocycles. The molecule has 0 unspecified atom stereocenters. The van der Waals surface area contributed by atoms with E-state index in [0.29, 0.717) is 47.3 Å². The molecule has 70 heavy (non-hydrogen) atoms. The van der Waals surface area contributed by atoms with Crippen molar-refractivity contribution in [2.45, 2.75) is 93.6 Å². The number of rotatable bonds is 20. The van der Waals surface area contributed by atoms with Crippen molar-refractivity contribution in [3.63, 3.8) is 0 Å². The number of fused-ring (bicyclic) bond motifs is 3. The van der Waals surface area contributed by atoms with Crippen LogP contribution in [0.5, 0.6) is 17.2 Å². The maximum absolute atomic E-state index is 14.2. The van der Waals surface area contributed by atoms with Crippen molar-refractivity contribution >= 4 is 45.2 Å². The van der Waals surface area contributed by atoms with E-state index in [4.69, 9.17) is 46.9 Å². The molecular weight excluding hydrogens is 968 g/mol. The minimum absolute atomic E-state index is 0. The van der Waals surface area contributed by atoms with Crippen molar-refractivity contribution in [1.82, 2.24) is 9.21 Å². The lowest BCUT2D eigenvalue weighted by Crippen LogP contribution is -2.52. The summed E-state index contributed by atoms with van der Waals surface area (Å²) in [4.78, 5) is 32.8. The van der Waals surface area contributed by atoms with Gasteiger partial charge in [-0.05, 0) is 122 Å². The normalized spacial score (nSPS) is 20.8. The summed E-state index contributed by atoms with van der Waals surface area (Å²) in [6, 6.07) is 27.0. The Balaban J connectivity index is 0.00000659. The highest BCUT2D eigenvalue weighted by atomic mass is 35.5. The Hall–Kier alpha value is -5.36. The average molecular weight is 1020 g/mol. The Bertz CT molecular complexity index is 2690. The first-order valence-corrected chi connectivity index (χ1v) is 25.6. The number of nitrogens with zero attached hydrogens (tertiary/aromatic N) is 2. The molecule has 2 bridgehead atoms. The molecule has 4 aliphatic heterocycles. The number of esters is 2. The van der Waals surface area contributed by atoms with Gasteiger partial charge in [0, 0.05) is 31.0 Å². The molecule has 1 saturated carbocycles. The highest BCUT2D eigenvalue weighted by Crippen LogP contribution is 2.39. The van der Waals surface area contributed by atoms with Crippen LogP contribution in [-0.2, 0) is 42.1 Å². The van der Waals surface area contributed by atoms with Gasteiger partial charge >= 0.3 is 18.6 Å². The van der Waals surface area contributed by atoms with E-state index in [0.717, 1.165) is 60.7 Å². The molecule has 0 radical (unpaired) electrons. The number of benzene rings is 4. The van der Waals surface area contributed by atoms with E-state index in [2.05, 4.69) is 9.88 Å². The summed E-state index contributed by atoms with van der Waals surface area (Å²) in [5.41, 5.74) is 3.43. The van der Waals surface area contributed by atoms with Crippen molar-refractivity contribution in [2.24, 2.45) is 11.8 Å². The molecule has 372 valence electrons. The number of alkyl halides is 2. The van der Waals surface area contributed by atoms with Gasteiger partial charge in [0.2, 0.25) is 10.0 Å². The molecule has 10 rings (SSSR count). The van der Waals surface area contributed by atoms with Crippen molar-refractivity contribution in [2.75, 3.05) is 32.8 Å². The molecule has 5 aliphatic rings. The van der Waals surface area contributed by atoms with Crippen LogP contribution in [0.2, 0.25) is 10.0 Å². The van der Waals surface area contributed by atoms with Gasteiger partial charge in [0.1, 0.15) is 40.7 Å². The standard InChI is InChI=1S/C52H53Cl2F2N3O9S.H2O/c53-43-28-57-29-44(54)42(43)26-47(38-15-18-46(68-52(55)56)48(25-38)65-32-33-11-12-33)67-51(61)45-10-5-21-59(45)69(62,63)40-16-13-34(14-17-40)31-64-39-9-4-8-37(24-39)41(35-6-2-1-3-7-35)27-50(60)66-49-30-58-22-19-36(49)20-23-58;/h1-4,6-9,13-18,24-25,28-29,33,36,41,45,47,49,52H,5,10-12,19-23,26-27,30-32H2;1H2/t41-,45-,47-,49-;/m0./s1. The predicted octanol–water partition coefficient (Wildman–Crippen LogP) is 9.44. The number of H-pyrrole nitrogens is 1. The summed E-state index contributed by atoms with van der Waals surface area (Å²) in [6.45, 7) is 0.336. The van der Waals surface area contributed by atoms with Crippen molar-refractivity contribution < 1.29 is 60.9 Å². The maximum Gasteiger partial charge on any atom is 0.387 e. The van der Waals surface area contributed by atoms with Crippen LogP contribution in [0.4, 0.5) is 8.78 Å². The first kappa shape index (κ1) is 51.0. The number of aromatic amines is 1. The molecule has 4 aromatic carbocycles. The van der Waals surface area contributed by atoms with Gasteiger partial charge in [-0.15, -0.1) is 0 Å². The number of sulfonamides is 1. The largest absolute Gasteiger partial charge is 0.870 e. The fraction of sp³-hybridized carbons (Fsp3) is 0.404. The van der Waals surface area contributed by atoms with Crippen molar-refractivity contribution in [3.8, 4) is 17.2 Å². The lowest BCUT2D eigenvalue weighted by Gasteiger charge is -2.44. The second kappa shape index (κ2) is 22.8. The highest BCUT2D eigenvalue weighted by molar-refractivity contribution is 7.89. The Morgan fingerprint density at radius 3 is 2.20 bits per heavy atom. The van der Waals surface area contributed by atoms with E-state index in [1.807, 2.05) is 54.6 Å². The number of nitrogens with one attached hydrogen (secondary N) is 1. The quantitative estimate of drug-likeness (QED) is 0.0682. The molecule has 5 aromatic rings. The molecule has 1 aromatic heterocycles. The fourth-order valence-electron chi connectivity index (χ4n) is 9.51. The van der Waals surface area contributed by atoms with Gasteiger partial charge < -0.3 is 29.2 Å². The van der Waals surface area contributed by atoms with Gasteiger partial charge in [-0.25, -0.2) is 13.4 Å². The highest BCUT2D eigenvalue weighted by Gasteiger charge is 2.42. The SMILES string of the molecule is O=C(C[C@@H](c1ccccc1)c1cccc(OCc2ccc(S(=O)(=O)N3CCC[C@H]3C(=O)O[C@@H](Cc3c(Cl)c[nH+]cc3Cl)c3ccc(OC(F)F)c(OCC4CC4)c3)cc2)c1)O[C@H]1CN2CCC1CC2.[OH-]. The number of hydrogen-bond acceptors (Lipinski definition) is 11. The average Bonchev–Trinajstić information content (AvgIpc) is 4.05. The van der Waals surface area contributed by atoms with Crippen molar-refractivity contribution in [3.05, 3.63) is 147 Å². The predicted molar refractivity (Wildman–Crippen MR) is 255 cm³/mol. The summed E-state index contributed by atoms with van der Waals surface area (Å²) in [6.07, 6.45) is 6.70. The zero-order chi connectivity index (χ0) is 48.1. The second-order valence-electron chi connectivity index (χ2n) is 18.2. The molecule has 13 nitrogen and oxygen atoms in total. The smallest absolute Gasteiger partial charge is 0.387 e. The first-order valence-electron chi connectivity index (χ1n) is 23.4. The molecular formula is C52H55Cl2F2N3O10S. The van der Waals surface area contributed by atoms with E-state index in [1.54, 1.807) is 12.1 Å². The maximum atomic E-state index is 14.2. The summed E-state index contributed by atoms with van der Waals surface area (Å²) in [7, 11) is -4.19. The van der Waals surface area contributed by atoms with E-state index in [9.17, 15) is 26.8 Å². The van der Waals surface area contributed by atoms with Crippen molar-refractivity contribution in [1.29, 1.82) is 0 Å². The topological polar surface area (TPSA) is 165 Å². The van der Waals surface area contributed by atoms with Crippen LogP contribution >= 0.6 is 23.2 Å². The number of ether oxygens (including phenoxy) is 5. The molecule has 0 amide bonds. The number of carbonyl (C=O) groups excluding carboxylic acids is 2. The lowest BCUT2D eigenvalue weighted by atomic mass is 9.85. The van der Waals surface area contributed by atoms with E-state index < -0.39 is 34.7 Å². The fourth-order valence-corrected chi connectivity index (χ4v) is 11.7. The van der Waals surface area contributed by atoms with Gasteiger partial charge in [0.05, 0.1) is 17.9 Å². The second-order valence-corrected chi connectivity index (χ2v) is 20.9. The van der Waals surface area contributed by atoms with E-state index >= 15 is 0 Å². The van der Waals surface area contributed by atoms with Gasteiger partial charge in [-0.3, -0.25) is 14.5 Å². The number of pyridine rings is 1. The molecule has 1 aliphatic carbocycles. The zero-order valence-electron chi connectivity index (χ0n) is 38.3. The van der Waals surface area contributed by atoms with Gasteiger partial charge in [0.25, 0.3) is 0 Å². The van der Waals surface area contributed by atoms with Crippen LogP contribution in [0.1, 0.15) is 84.8 Å². The molecule has 18 heteroatoms. The van der Waals surface area contributed by atoms with Crippen LogP contribution in [0.15, 0.2) is 114 Å². The van der Waals surface area contributed by atoms with E-state index in [1.165, 1.54) is 42.7 Å². The Morgan fingerprint density at radius 2 is 1.51 bits per heavy atom. The first-order chi connectivity index (χ1) is 33.4. The van der Waals surface area contributed by atoms with Crippen LogP contribution in [0.25, 0.3) is 0 Å². The minimum atomic E-state index is -4.19. The number of carbonyl (C=O) groups is 2. The van der Waals surface area contributed by atoms with Crippen LogP contribution in [0, 0.1) is 11.8 Å². The molecule has 0 spiro atoms. The van der Waals surface area contributed by atoms with Gasteiger partial charge in [-0.1, -0.05) is 83.9 Å². The third-order valence-corrected chi connectivity index (χ3v) is 16.1. The van der Waals surface area contributed by atoms with Crippen LogP contribution < -0.4 is 19.2 Å². The number of halogens is 4. The summed E-state index contributed by atoms with van der Waals surface area (Å²) < 4.78 is 85.5. The number of hydrogen-bond donors (Lipinski definition) is 0. The van der Waals surface area contributed by atoms with Crippen LogP contribution in [0.3, 0.4) is 0 Å². The van der Waals surface area contributed by atoms with Gasteiger partial charge in [0.15, 0.2) is 23.9 Å². The third kappa shape index (κ3) is 12.4. The van der Waals surface area contributed by atoms with Crippen LogP contribution in [-0.4, -0.2) is 86.6 Å². The molecule has 4 atom stereocenters. The molecule has 4 saturated heterocycles. The summed E-state index contributed by atoms with van der Waals surface area (Å²) in [5, 5.41) is 0.535.